The Balaban J connectivity index is 1.35. The molecule has 0 saturated carbocycles. The highest BCUT2D eigenvalue weighted by Gasteiger charge is 2.57. The molecule has 17 atom stereocenters. The lowest BCUT2D eigenvalue weighted by atomic mass is 9.69. The number of allylic oxidation sites excluding steroid dienone is 5. The Morgan fingerprint density at radius 2 is 1.67 bits per heavy atom. The van der Waals surface area contributed by atoms with Crippen molar-refractivity contribution < 1.29 is 58.7 Å². The number of hydrazine groups is 1. The number of aliphatic hydroxyl groups is 4. The number of hydrogen-bond acceptors (Lipinski definition) is 14. The molecular weight excluding hydrogens is 1000 g/mol. The first-order chi connectivity index (χ1) is 36.9. The minimum absolute atomic E-state index is 0.0278. The molecule has 4 amide bonds. The Hall–Kier alpha value is -5.31. The summed E-state index contributed by atoms with van der Waals surface area (Å²) in [6, 6.07) is 0.970. The maximum atomic E-state index is 14.5. The first-order valence-corrected chi connectivity index (χ1v) is 28.3. The fourth-order valence-electron chi connectivity index (χ4n) is 11.2. The number of amides is 4. The van der Waals surface area contributed by atoms with Crippen LogP contribution in [0.5, 0.6) is 0 Å². The minimum Gasteiger partial charge on any atom is -0.456 e. The fraction of sp³-hybridized carbons (Fsp3) is 0.678. The lowest BCUT2D eigenvalue weighted by molar-refractivity contribution is -0.267. The van der Waals surface area contributed by atoms with E-state index in [4.69, 9.17) is 9.47 Å². The fourth-order valence-corrected chi connectivity index (χ4v) is 11.2. The van der Waals surface area contributed by atoms with Gasteiger partial charge >= 0.3 is 5.97 Å². The van der Waals surface area contributed by atoms with Gasteiger partial charge in [0.15, 0.2) is 0 Å². The molecule has 5 rings (SSSR count). The summed E-state index contributed by atoms with van der Waals surface area (Å²) in [5.41, 5.74) is 2.62. The second-order valence-corrected chi connectivity index (χ2v) is 23.0. The topological polar surface area (TPSA) is 286 Å². The van der Waals surface area contributed by atoms with Crippen LogP contribution in [0.3, 0.4) is 0 Å². The number of aromatic nitrogens is 1. The number of fused-ring (bicyclic) bond motifs is 2. The SMILES string of the molecule is CCC1CC(C)C2(NC1=O)OC(CC(O)C(C)CCC=CC=C(C)C1CC=CC=CC(O)C(C)C(O)C(CCC(C)=O)C(=O)NC(C(C)C)C(=O)NC(Cc3cccc(=O)[nH]3)C(=O)N3CCCC(N3)C(=O)O1)C(C)C(O)C2C. The average Bonchev–Trinajstić information content (AvgIpc) is 3.51. The van der Waals surface area contributed by atoms with E-state index in [1.165, 1.54) is 30.1 Å². The number of aliphatic hydroxyl groups excluding tert-OH is 4. The van der Waals surface area contributed by atoms with E-state index in [-0.39, 0.29) is 73.5 Å². The number of carbonyl (C=O) groups excluding carboxylic acids is 6. The molecule has 1 aromatic rings. The highest BCUT2D eigenvalue weighted by molar-refractivity contribution is 5.93. The summed E-state index contributed by atoms with van der Waals surface area (Å²) in [7, 11) is 0. The molecule has 19 nitrogen and oxygen atoms in total. The summed E-state index contributed by atoms with van der Waals surface area (Å²) in [5, 5.41) is 55.7. The van der Waals surface area contributed by atoms with E-state index < -0.39 is 107 Å². The van der Waals surface area contributed by atoms with E-state index in [0.29, 0.717) is 49.8 Å². The molecule has 9 N–H and O–H groups in total. The third-order valence-corrected chi connectivity index (χ3v) is 16.8. The largest absolute Gasteiger partial charge is 0.456 e. The van der Waals surface area contributed by atoms with Crippen LogP contribution in [0.15, 0.2) is 71.1 Å². The number of H-pyrrole nitrogens is 1. The van der Waals surface area contributed by atoms with Crippen LogP contribution in [0.25, 0.3) is 0 Å². The molecule has 17 unspecified atom stereocenters. The predicted octanol–water partition coefficient (Wildman–Crippen LogP) is 4.39. The lowest BCUT2D eigenvalue weighted by Crippen LogP contribution is -2.71. The number of nitrogens with zero attached hydrogens (tertiary/aromatic N) is 1. The minimum atomic E-state index is -1.44. The number of pyridine rings is 1. The van der Waals surface area contributed by atoms with Crippen molar-refractivity contribution in [2.45, 2.75) is 200 Å². The number of cyclic esters (lactones) is 1. The highest BCUT2D eigenvalue weighted by Crippen LogP contribution is 2.46. The molecule has 0 aliphatic carbocycles. The predicted molar refractivity (Wildman–Crippen MR) is 294 cm³/mol. The number of ketones is 1. The summed E-state index contributed by atoms with van der Waals surface area (Å²) >= 11 is 0. The van der Waals surface area contributed by atoms with Gasteiger partial charge < -0.3 is 55.6 Å². The molecule has 4 aliphatic heterocycles. The van der Waals surface area contributed by atoms with E-state index in [2.05, 4.69) is 33.3 Å². The molecule has 3 saturated heterocycles. The van der Waals surface area contributed by atoms with Crippen LogP contribution < -0.4 is 26.9 Å². The van der Waals surface area contributed by atoms with Gasteiger partial charge in [-0.3, -0.25) is 33.8 Å². The van der Waals surface area contributed by atoms with E-state index in [1.807, 2.05) is 52.8 Å². The van der Waals surface area contributed by atoms with Gasteiger partial charge in [0.1, 0.15) is 35.7 Å². The summed E-state index contributed by atoms with van der Waals surface area (Å²) in [6.45, 7) is 18.2. The van der Waals surface area contributed by atoms with Crippen LogP contribution in [0.2, 0.25) is 0 Å². The second kappa shape index (κ2) is 29.2. The maximum absolute atomic E-state index is 14.5. The number of hydrogen-bond donors (Lipinski definition) is 9. The lowest BCUT2D eigenvalue weighted by Gasteiger charge is -2.56. The van der Waals surface area contributed by atoms with Crippen LogP contribution in [0, 0.1) is 47.3 Å². The number of aromatic amines is 1. The van der Waals surface area contributed by atoms with Crippen LogP contribution in [-0.2, 0) is 44.7 Å². The summed E-state index contributed by atoms with van der Waals surface area (Å²) in [5.74, 6) is -6.44. The number of nitrogens with one attached hydrogen (secondary N) is 5. The zero-order chi connectivity index (χ0) is 57.6. The van der Waals surface area contributed by atoms with E-state index in [1.54, 1.807) is 45.1 Å². The quantitative estimate of drug-likeness (QED) is 0.0871. The van der Waals surface area contributed by atoms with Crippen molar-refractivity contribution in [3.63, 3.8) is 0 Å². The second-order valence-electron chi connectivity index (χ2n) is 23.0. The molecule has 2 bridgehead atoms. The Morgan fingerprint density at radius 3 is 2.35 bits per heavy atom. The van der Waals surface area contributed by atoms with Crippen molar-refractivity contribution in [3.05, 3.63) is 82.4 Å². The van der Waals surface area contributed by atoms with Gasteiger partial charge in [0.05, 0.1) is 36.4 Å². The first-order valence-electron chi connectivity index (χ1n) is 28.3. The summed E-state index contributed by atoms with van der Waals surface area (Å²) in [4.78, 5) is 97.1. The van der Waals surface area contributed by atoms with Gasteiger partial charge in [-0.1, -0.05) is 104 Å². The highest BCUT2D eigenvalue weighted by atomic mass is 16.5. The van der Waals surface area contributed by atoms with E-state index >= 15 is 0 Å². The normalized spacial score (nSPS) is 34.1. The molecule has 19 heteroatoms. The van der Waals surface area contributed by atoms with Crippen LogP contribution in [0.1, 0.15) is 139 Å². The van der Waals surface area contributed by atoms with Gasteiger partial charge in [0, 0.05) is 73.6 Å². The smallest absolute Gasteiger partial charge is 0.325 e. The van der Waals surface area contributed by atoms with Gasteiger partial charge in [-0.2, -0.15) is 0 Å². The van der Waals surface area contributed by atoms with Gasteiger partial charge in [-0.25, -0.2) is 5.43 Å². The van der Waals surface area contributed by atoms with E-state index in [9.17, 15) is 54.0 Å². The zero-order valence-electron chi connectivity index (χ0n) is 47.5. The molecule has 4 aliphatic rings. The molecule has 1 aromatic heterocycles. The molecule has 3 fully saturated rings. The number of piperidine rings is 1. The number of carbonyl (C=O) groups is 6. The average molecular weight is 1090 g/mol. The zero-order valence-corrected chi connectivity index (χ0v) is 47.5. The van der Waals surface area contributed by atoms with Gasteiger partial charge in [0.2, 0.25) is 23.3 Å². The van der Waals surface area contributed by atoms with Crippen LogP contribution in [-0.4, -0.2) is 133 Å². The number of esters is 1. The summed E-state index contributed by atoms with van der Waals surface area (Å²) in [6.07, 6.45) is 10.4. The van der Waals surface area contributed by atoms with Gasteiger partial charge in [-0.05, 0) is 82.3 Å². The third kappa shape index (κ3) is 16.6. The van der Waals surface area contributed by atoms with Gasteiger partial charge in [0.25, 0.3) is 5.91 Å². The summed E-state index contributed by atoms with van der Waals surface area (Å²) < 4.78 is 12.9. The standard InChI is InChI=1S/C59H90N6O13/c1-11-41-30-36(6)59(63-54(41)72)40(10)52(70)39(9)49(78-59)32-47(68)34(4)20-14-12-15-21-35(5)48-25-17-13-16-24-46(67)38(8)53(71)43(28-27-37(7)66)55(73)62-51(33(2)3)56(74)61-45(31-42-22-18-26-50(69)60-42)57(75)65-29-19-23-44(64-65)58(76)77-48/h12-13,15-18,21-22,24,26,33-34,36,38-41,43-49,51-53,64,67-68,70-71H,11,14,19-20,23,25,27-32H2,1-10H3,(H,60,69)(H,61,74)(H,62,73)(H,63,72). The molecule has 78 heavy (non-hydrogen) atoms. The van der Waals surface area contributed by atoms with Crippen LogP contribution in [0.4, 0.5) is 0 Å². The molecule has 0 radical (unpaired) electrons. The van der Waals surface area contributed by atoms with Crippen molar-refractivity contribution >= 4 is 35.4 Å². The van der Waals surface area contributed by atoms with E-state index in [0.717, 1.165) is 6.42 Å². The molecule has 434 valence electrons. The Kier molecular flexibility index (Phi) is 23.8. The van der Waals surface area contributed by atoms with Crippen molar-refractivity contribution in [3.8, 4) is 0 Å². The molecule has 5 heterocycles. The number of Topliss-reactive ketones (excluding diaryl/α,β-unsaturated/α-hetero) is 1. The molecule has 0 aromatic carbocycles. The maximum Gasteiger partial charge on any atom is 0.325 e. The Morgan fingerprint density at radius 1 is 0.936 bits per heavy atom. The monoisotopic (exact) mass is 1090 g/mol. The van der Waals surface area contributed by atoms with Crippen molar-refractivity contribution in [2.24, 2.45) is 47.3 Å². The Bertz CT molecular complexity index is 2400. The Labute approximate surface area is 460 Å². The van der Waals surface area contributed by atoms with Crippen molar-refractivity contribution in [2.75, 3.05) is 6.54 Å². The van der Waals surface area contributed by atoms with Crippen molar-refractivity contribution in [1.82, 2.24) is 31.4 Å². The third-order valence-electron chi connectivity index (χ3n) is 16.8. The van der Waals surface area contributed by atoms with Crippen LogP contribution >= 0.6 is 0 Å². The first kappa shape index (κ1) is 63.5. The molecule has 1 spiro atoms. The van der Waals surface area contributed by atoms with Gasteiger partial charge in [-0.15, -0.1) is 0 Å². The molecular formula is C59H90N6O13. The number of rotatable bonds is 15. The number of ether oxygens (including phenoxy) is 2. The van der Waals surface area contributed by atoms with Crippen molar-refractivity contribution in [1.29, 1.82) is 0 Å².